The van der Waals surface area contributed by atoms with E-state index in [1.807, 2.05) is 0 Å². The van der Waals surface area contributed by atoms with Gasteiger partial charge in [-0.05, 0) is 31.1 Å². The number of alkyl halides is 1. The molecule has 116 valence electrons. The minimum Gasteiger partial charge on any atom is -0.307 e. The lowest BCUT2D eigenvalue weighted by atomic mass is 9.83. The van der Waals surface area contributed by atoms with Crippen molar-refractivity contribution in [1.82, 2.24) is 5.32 Å². The Hall–Kier alpha value is -0.440. The minimum atomic E-state index is -1.60. The summed E-state index contributed by atoms with van der Waals surface area (Å²) < 4.78 is 15.0. The van der Waals surface area contributed by atoms with Crippen molar-refractivity contribution in [1.29, 1.82) is 0 Å². The van der Waals surface area contributed by atoms with Crippen molar-refractivity contribution in [2.45, 2.75) is 83.3 Å². The fourth-order valence-electron chi connectivity index (χ4n) is 4.03. The van der Waals surface area contributed by atoms with Crippen molar-refractivity contribution < 1.29 is 9.18 Å². The highest BCUT2D eigenvalue weighted by molar-refractivity contribution is 5.88. The maximum absolute atomic E-state index is 15.0. The van der Waals surface area contributed by atoms with Gasteiger partial charge >= 0.3 is 0 Å². The summed E-state index contributed by atoms with van der Waals surface area (Å²) in [5, 5.41) is 3.33. The van der Waals surface area contributed by atoms with Crippen LogP contribution in [0.5, 0.6) is 0 Å². The van der Waals surface area contributed by atoms with Crippen LogP contribution in [0.4, 0.5) is 4.39 Å². The molecule has 1 saturated heterocycles. The highest BCUT2D eigenvalue weighted by Gasteiger charge is 2.53. The van der Waals surface area contributed by atoms with Gasteiger partial charge < -0.3 is 5.32 Å². The molecule has 2 rings (SSSR count). The average molecular weight is 283 g/mol. The highest BCUT2D eigenvalue weighted by Crippen LogP contribution is 2.43. The standard InChI is InChI=1S/C17H30FNO/c1-4-13(2)9-14(3)10-15(20)17(18)11-16(19-12-17)7-5-6-8-16/h13-14,19H,4-12H2,1-3H3/t13?,14-,17+/m1/s1. The largest absolute Gasteiger partial charge is 0.307 e. The van der Waals surface area contributed by atoms with E-state index in [0.29, 0.717) is 24.7 Å². The van der Waals surface area contributed by atoms with Gasteiger partial charge in [0, 0.05) is 24.9 Å². The van der Waals surface area contributed by atoms with Crippen LogP contribution in [0, 0.1) is 11.8 Å². The highest BCUT2D eigenvalue weighted by atomic mass is 19.1. The van der Waals surface area contributed by atoms with E-state index < -0.39 is 5.67 Å². The number of ketones is 1. The van der Waals surface area contributed by atoms with Crippen LogP contribution < -0.4 is 5.32 Å². The molecule has 0 aromatic rings. The zero-order valence-electron chi connectivity index (χ0n) is 13.3. The van der Waals surface area contributed by atoms with E-state index in [2.05, 4.69) is 26.1 Å². The molecule has 0 amide bonds. The lowest BCUT2D eigenvalue weighted by Gasteiger charge is -2.25. The molecule has 0 bridgehead atoms. The third kappa shape index (κ3) is 3.41. The molecule has 0 aromatic carbocycles. The molecular weight excluding hydrogens is 253 g/mol. The average Bonchev–Trinajstić information content (AvgIpc) is 2.98. The first-order valence-electron chi connectivity index (χ1n) is 8.36. The second kappa shape index (κ2) is 6.13. The predicted octanol–water partition coefficient (Wildman–Crippen LogP) is 4.03. The molecular formula is C17H30FNO. The van der Waals surface area contributed by atoms with Gasteiger partial charge in [0.1, 0.15) is 0 Å². The van der Waals surface area contributed by atoms with Gasteiger partial charge in [0.25, 0.3) is 0 Å². The fourth-order valence-corrected chi connectivity index (χ4v) is 4.03. The first-order valence-corrected chi connectivity index (χ1v) is 8.36. The number of halogens is 1. The van der Waals surface area contributed by atoms with E-state index in [1.54, 1.807) is 0 Å². The van der Waals surface area contributed by atoms with Gasteiger partial charge in [-0.3, -0.25) is 4.79 Å². The molecule has 1 saturated carbocycles. The normalized spacial score (nSPS) is 31.6. The molecule has 0 aromatic heterocycles. The Balaban J connectivity index is 1.89. The monoisotopic (exact) mass is 283 g/mol. The van der Waals surface area contributed by atoms with Gasteiger partial charge in [-0.15, -0.1) is 0 Å². The van der Waals surface area contributed by atoms with Gasteiger partial charge in [0.05, 0.1) is 0 Å². The quantitative estimate of drug-likeness (QED) is 0.797. The number of carbonyl (C=O) groups is 1. The van der Waals surface area contributed by atoms with Crippen LogP contribution in [0.25, 0.3) is 0 Å². The molecule has 2 aliphatic rings. The Morgan fingerprint density at radius 1 is 1.25 bits per heavy atom. The van der Waals surface area contributed by atoms with Crippen LogP contribution in [-0.2, 0) is 4.79 Å². The van der Waals surface area contributed by atoms with Crippen molar-refractivity contribution in [3.8, 4) is 0 Å². The van der Waals surface area contributed by atoms with Gasteiger partial charge in [0.2, 0.25) is 0 Å². The Morgan fingerprint density at radius 2 is 1.90 bits per heavy atom. The van der Waals surface area contributed by atoms with E-state index in [-0.39, 0.29) is 17.9 Å². The third-order valence-electron chi connectivity index (χ3n) is 5.46. The molecule has 20 heavy (non-hydrogen) atoms. The number of Topliss-reactive ketones (excluding diaryl/α,β-unsaturated/α-hetero) is 1. The minimum absolute atomic E-state index is 0.0651. The van der Waals surface area contributed by atoms with Crippen molar-refractivity contribution in [2.75, 3.05) is 6.54 Å². The molecule has 2 fully saturated rings. The number of carbonyl (C=O) groups excluding carboxylic acids is 1. The van der Waals surface area contributed by atoms with Crippen LogP contribution in [0.15, 0.2) is 0 Å². The molecule has 2 nitrogen and oxygen atoms in total. The molecule has 1 heterocycles. The van der Waals surface area contributed by atoms with E-state index >= 15 is 0 Å². The summed E-state index contributed by atoms with van der Waals surface area (Å²) in [6, 6.07) is 0. The van der Waals surface area contributed by atoms with Crippen molar-refractivity contribution in [3.05, 3.63) is 0 Å². The summed E-state index contributed by atoms with van der Waals surface area (Å²) >= 11 is 0. The number of nitrogens with one attached hydrogen (secondary N) is 1. The Bertz CT molecular complexity index is 351. The van der Waals surface area contributed by atoms with Crippen LogP contribution >= 0.6 is 0 Å². The van der Waals surface area contributed by atoms with Gasteiger partial charge in [-0.2, -0.15) is 0 Å². The second-order valence-electron chi connectivity index (χ2n) is 7.46. The summed E-state index contributed by atoms with van der Waals surface area (Å²) in [6.45, 7) is 6.69. The lowest BCUT2D eigenvalue weighted by molar-refractivity contribution is -0.130. The summed E-state index contributed by atoms with van der Waals surface area (Å²) in [4.78, 5) is 12.4. The Morgan fingerprint density at radius 3 is 2.50 bits per heavy atom. The van der Waals surface area contributed by atoms with Crippen LogP contribution in [0.1, 0.15) is 72.1 Å². The van der Waals surface area contributed by atoms with Gasteiger partial charge in [0.15, 0.2) is 11.5 Å². The third-order valence-corrected chi connectivity index (χ3v) is 5.46. The van der Waals surface area contributed by atoms with Crippen LogP contribution in [0.3, 0.4) is 0 Å². The lowest BCUT2D eigenvalue weighted by Crippen LogP contribution is -2.37. The molecule has 3 heteroatoms. The first-order chi connectivity index (χ1) is 9.39. The first kappa shape index (κ1) is 15.9. The molecule has 1 unspecified atom stereocenters. The molecule has 1 N–H and O–H groups in total. The summed E-state index contributed by atoms with van der Waals surface area (Å²) in [5.41, 5.74) is -1.67. The SMILES string of the molecule is CCC(C)C[C@@H](C)CC(=O)[C@@]1(F)CNC2(CCCC2)C1. The van der Waals surface area contributed by atoms with Crippen LogP contribution in [-0.4, -0.2) is 23.5 Å². The number of rotatable bonds is 6. The molecule has 0 radical (unpaired) electrons. The fraction of sp³-hybridized carbons (Fsp3) is 0.941. The number of hydrogen-bond acceptors (Lipinski definition) is 2. The maximum atomic E-state index is 15.0. The molecule has 1 spiro atoms. The molecule has 3 atom stereocenters. The summed E-state index contributed by atoms with van der Waals surface area (Å²) in [5.74, 6) is 0.756. The number of hydrogen-bond donors (Lipinski definition) is 1. The zero-order valence-corrected chi connectivity index (χ0v) is 13.3. The Kier molecular flexibility index (Phi) is 4.88. The summed E-state index contributed by atoms with van der Waals surface area (Å²) in [7, 11) is 0. The Labute approximate surface area is 122 Å². The van der Waals surface area contributed by atoms with Crippen molar-refractivity contribution >= 4 is 5.78 Å². The van der Waals surface area contributed by atoms with Crippen molar-refractivity contribution in [3.63, 3.8) is 0 Å². The van der Waals surface area contributed by atoms with Gasteiger partial charge in [-0.1, -0.05) is 40.0 Å². The van der Waals surface area contributed by atoms with Gasteiger partial charge in [-0.25, -0.2) is 4.39 Å². The van der Waals surface area contributed by atoms with Crippen LogP contribution in [0.2, 0.25) is 0 Å². The second-order valence-corrected chi connectivity index (χ2v) is 7.46. The maximum Gasteiger partial charge on any atom is 0.182 e. The van der Waals surface area contributed by atoms with Crippen molar-refractivity contribution in [2.24, 2.45) is 11.8 Å². The van der Waals surface area contributed by atoms with E-state index in [4.69, 9.17) is 0 Å². The van der Waals surface area contributed by atoms with E-state index in [0.717, 1.165) is 25.7 Å². The summed E-state index contributed by atoms with van der Waals surface area (Å²) in [6.07, 6.45) is 7.38. The predicted molar refractivity (Wildman–Crippen MR) is 80.5 cm³/mol. The topological polar surface area (TPSA) is 29.1 Å². The van der Waals surface area contributed by atoms with E-state index in [1.165, 1.54) is 12.8 Å². The van der Waals surface area contributed by atoms with E-state index in [9.17, 15) is 9.18 Å². The molecule has 1 aliphatic carbocycles. The zero-order chi connectivity index (χ0) is 14.8. The smallest absolute Gasteiger partial charge is 0.182 e. The molecule has 1 aliphatic heterocycles.